The first-order valence-electron chi connectivity index (χ1n) is 6.68. The summed E-state index contributed by atoms with van der Waals surface area (Å²) in [5.41, 5.74) is 7.02. The van der Waals surface area contributed by atoms with Gasteiger partial charge in [-0.05, 0) is 25.3 Å². The third-order valence-corrected chi connectivity index (χ3v) is 3.64. The van der Waals surface area contributed by atoms with Crippen molar-refractivity contribution in [1.82, 2.24) is 15.2 Å². The number of piperidine rings is 1. The minimum Gasteiger partial charge on any atom is -0.397 e. The van der Waals surface area contributed by atoms with Crippen molar-refractivity contribution in [3.8, 4) is 0 Å². The minimum absolute atomic E-state index is 0.00831. The maximum absolute atomic E-state index is 12.3. The molecule has 1 saturated carbocycles. The summed E-state index contributed by atoms with van der Waals surface area (Å²) in [7, 11) is 0. The fourth-order valence-corrected chi connectivity index (χ4v) is 2.45. The highest BCUT2D eigenvalue weighted by Gasteiger charge is 2.29. The summed E-state index contributed by atoms with van der Waals surface area (Å²) in [6, 6.07) is 2.15. The van der Waals surface area contributed by atoms with Gasteiger partial charge in [0, 0.05) is 31.2 Å². The fraction of sp³-hybridized carbons (Fsp3) is 0.538. The van der Waals surface area contributed by atoms with E-state index in [1.165, 1.54) is 0 Å². The van der Waals surface area contributed by atoms with Gasteiger partial charge in [0.1, 0.15) is 5.69 Å². The van der Waals surface area contributed by atoms with Crippen LogP contribution in [-0.4, -0.2) is 29.0 Å². The van der Waals surface area contributed by atoms with E-state index in [9.17, 15) is 9.59 Å². The van der Waals surface area contributed by atoms with Gasteiger partial charge >= 0.3 is 0 Å². The lowest BCUT2D eigenvalue weighted by Crippen LogP contribution is -2.48. The van der Waals surface area contributed by atoms with Crippen LogP contribution in [0.25, 0.3) is 0 Å². The molecule has 1 saturated heterocycles. The molecule has 6 nitrogen and oxygen atoms in total. The highest BCUT2D eigenvalue weighted by molar-refractivity contribution is 5.94. The lowest BCUT2D eigenvalue weighted by molar-refractivity contribution is -0.122. The number of amides is 2. The van der Waals surface area contributed by atoms with Crippen LogP contribution in [0.3, 0.4) is 0 Å². The van der Waals surface area contributed by atoms with Gasteiger partial charge in [-0.2, -0.15) is 0 Å². The van der Waals surface area contributed by atoms with Crippen molar-refractivity contribution >= 4 is 17.5 Å². The average molecular weight is 262 g/mol. The lowest BCUT2D eigenvalue weighted by Gasteiger charge is -2.23. The molecule has 3 rings (SSSR count). The molecule has 1 aliphatic carbocycles. The molecule has 0 bridgehead atoms. The van der Waals surface area contributed by atoms with E-state index >= 15 is 0 Å². The van der Waals surface area contributed by atoms with Gasteiger partial charge in [-0.3, -0.25) is 9.59 Å². The molecule has 2 fully saturated rings. The van der Waals surface area contributed by atoms with Gasteiger partial charge in [-0.1, -0.05) is 0 Å². The molecule has 1 unspecified atom stereocenters. The van der Waals surface area contributed by atoms with Crippen LogP contribution in [0.1, 0.15) is 42.2 Å². The van der Waals surface area contributed by atoms with Crippen molar-refractivity contribution in [2.24, 2.45) is 0 Å². The van der Waals surface area contributed by atoms with Crippen molar-refractivity contribution < 1.29 is 9.59 Å². The Bertz CT molecular complexity index is 509. The van der Waals surface area contributed by atoms with E-state index < -0.39 is 0 Å². The van der Waals surface area contributed by atoms with E-state index in [0.29, 0.717) is 36.8 Å². The number of nitrogens with two attached hydrogens (primary N) is 1. The van der Waals surface area contributed by atoms with Crippen LogP contribution in [0.2, 0.25) is 0 Å². The Morgan fingerprint density at radius 1 is 1.42 bits per heavy atom. The fourth-order valence-electron chi connectivity index (χ4n) is 2.45. The predicted molar refractivity (Wildman–Crippen MR) is 70.6 cm³/mol. The number of carbonyl (C=O) groups is 2. The molecule has 2 aliphatic rings. The molecule has 0 spiro atoms. The van der Waals surface area contributed by atoms with Gasteiger partial charge in [-0.25, -0.2) is 0 Å². The standard InChI is InChI=1S/C13H18N4O2/c14-8-5-11(17(7-8)10-2-3-10)13(19)16-9-1-4-12(18)15-6-9/h5,7,9-10H,1-4,6,14H2,(H,15,18)(H,16,19). The van der Waals surface area contributed by atoms with Crippen molar-refractivity contribution in [2.45, 2.75) is 37.8 Å². The molecule has 6 heteroatoms. The Balaban J connectivity index is 1.68. The van der Waals surface area contributed by atoms with E-state index in [0.717, 1.165) is 12.8 Å². The van der Waals surface area contributed by atoms with E-state index in [1.54, 1.807) is 6.07 Å². The van der Waals surface area contributed by atoms with Crippen LogP contribution < -0.4 is 16.4 Å². The molecule has 19 heavy (non-hydrogen) atoms. The molecule has 1 aliphatic heterocycles. The maximum atomic E-state index is 12.3. The van der Waals surface area contributed by atoms with Gasteiger partial charge in [-0.15, -0.1) is 0 Å². The zero-order valence-electron chi connectivity index (χ0n) is 10.7. The Morgan fingerprint density at radius 2 is 2.21 bits per heavy atom. The second kappa shape index (κ2) is 4.60. The van der Waals surface area contributed by atoms with Crippen molar-refractivity contribution in [1.29, 1.82) is 0 Å². The third-order valence-electron chi connectivity index (χ3n) is 3.64. The highest BCUT2D eigenvalue weighted by Crippen LogP contribution is 2.37. The molecule has 102 valence electrons. The summed E-state index contributed by atoms with van der Waals surface area (Å²) >= 11 is 0. The first-order valence-corrected chi connectivity index (χ1v) is 6.68. The summed E-state index contributed by atoms with van der Waals surface area (Å²) < 4.78 is 1.96. The number of anilines is 1. The summed E-state index contributed by atoms with van der Waals surface area (Å²) in [6.45, 7) is 0.504. The maximum Gasteiger partial charge on any atom is 0.268 e. The summed E-state index contributed by atoms with van der Waals surface area (Å²) in [5.74, 6) is -0.0548. The quantitative estimate of drug-likeness (QED) is 0.737. The first-order chi connectivity index (χ1) is 9.13. The number of nitrogen functional groups attached to an aromatic ring is 1. The Labute approximate surface area is 111 Å². The van der Waals surface area contributed by atoms with Crippen LogP contribution in [-0.2, 0) is 4.79 Å². The van der Waals surface area contributed by atoms with Crippen molar-refractivity contribution in [3.63, 3.8) is 0 Å². The Kier molecular flexibility index (Phi) is 2.93. The second-order valence-electron chi connectivity index (χ2n) is 5.31. The monoisotopic (exact) mass is 262 g/mol. The van der Waals surface area contributed by atoms with Gasteiger partial charge in [0.25, 0.3) is 5.91 Å². The van der Waals surface area contributed by atoms with Gasteiger partial charge in [0.2, 0.25) is 5.91 Å². The summed E-state index contributed by atoms with van der Waals surface area (Å²) in [6.07, 6.45) is 5.20. The van der Waals surface area contributed by atoms with Crippen molar-refractivity contribution in [3.05, 3.63) is 18.0 Å². The predicted octanol–water partition coefficient (Wildman–Crippen LogP) is 0.414. The number of nitrogens with zero attached hydrogens (tertiary/aromatic N) is 1. The van der Waals surface area contributed by atoms with Gasteiger partial charge < -0.3 is 20.9 Å². The number of nitrogens with one attached hydrogen (secondary N) is 2. The van der Waals surface area contributed by atoms with Gasteiger partial charge in [0.05, 0.1) is 5.69 Å². The summed E-state index contributed by atoms with van der Waals surface area (Å²) in [5, 5.41) is 5.72. The molecule has 1 atom stereocenters. The number of carbonyl (C=O) groups excluding carboxylic acids is 2. The lowest BCUT2D eigenvalue weighted by atomic mass is 10.1. The largest absolute Gasteiger partial charge is 0.397 e. The summed E-state index contributed by atoms with van der Waals surface area (Å²) in [4.78, 5) is 23.3. The molecule has 4 N–H and O–H groups in total. The molecular weight excluding hydrogens is 244 g/mol. The number of hydrogen-bond donors (Lipinski definition) is 3. The average Bonchev–Trinajstić information content (AvgIpc) is 3.15. The Morgan fingerprint density at radius 3 is 2.84 bits per heavy atom. The second-order valence-corrected chi connectivity index (χ2v) is 5.31. The zero-order valence-corrected chi connectivity index (χ0v) is 10.7. The topological polar surface area (TPSA) is 89.2 Å². The van der Waals surface area contributed by atoms with Crippen LogP contribution in [0.4, 0.5) is 5.69 Å². The molecular formula is C13H18N4O2. The molecule has 1 aromatic rings. The normalized spacial score (nSPS) is 22.9. The Hall–Kier alpha value is -1.98. The van der Waals surface area contributed by atoms with E-state index in [1.807, 2.05) is 10.8 Å². The van der Waals surface area contributed by atoms with Gasteiger partial charge in [0.15, 0.2) is 0 Å². The molecule has 1 aromatic heterocycles. The zero-order chi connectivity index (χ0) is 13.4. The minimum atomic E-state index is -0.107. The van der Waals surface area contributed by atoms with Crippen LogP contribution in [0.15, 0.2) is 12.3 Å². The van der Waals surface area contributed by atoms with E-state index in [2.05, 4.69) is 10.6 Å². The van der Waals surface area contributed by atoms with E-state index in [-0.39, 0.29) is 17.9 Å². The van der Waals surface area contributed by atoms with Crippen LogP contribution in [0, 0.1) is 0 Å². The number of aromatic nitrogens is 1. The molecule has 0 radical (unpaired) electrons. The third kappa shape index (κ3) is 2.57. The highest BCUT2D eigenvalue weighted by atomic mass is 16.2. The van der Waals surface area contributed by atoms with Crippen LogP contribution in [0.5, 0.6) is 0 Å². The molecule has 2 heterocycles. The van der Waals surface area contributed by atoms with Crippen molar-refractivity contribution in [2.75, 3.05) is 12.3 Å². The first kappa shape index (κ1) is 12.1. The molecule has 0 aromatic carbocycles. The SMILES string of the molecule is Nc1cc(C(=O)NC2CCC(=O)NC2)n(C2CC2)c1. The smallest absolute Gasteiger partial charge is 0.268 e. The molecule has 2 amide bonds. The van der Waals surface area contributed by atoms with E-state index in [4.69, 9.17) is 5.73 Å². The number of rotatable bonds is 3. The van der Waals surface area contributed by atoms with Crippen LogP contribution >= 0.6 is 0 Å². The number of hydrogen-bond acceptors (Lipinski definition) is 3.